The minimum Gasteiger partial charge on any atom is -0.481 e. The Hall–Kier alpha value is -2.67. The maximum absolute atomic E-state index is 11.0. The Morgan fingerprint density at radius 3 is 2.12 bits per heavy atom. The molecule has 0 radical (unpaired) electrons. The van der Waals surface area contributed by atoms with Crippen LogP contribution in [0.4, 0.5) is 0 Å². The molecule has 50 heavy (non-hydrogen) atoms. The number of carbonyl (C=O) groups excluding carboxylic acids is 2. The molecule has 6 N–H and O–H groups in total. The fourth-order valence-corrected chi connectivity index (χ4v) is 13.0. The number of primary amides is 2. The van der Waals surface area contributed by atoms with E-state index >= 15 is 0 Å². The fraction of sp³-hybridized carbons (Fsp3) is 0.744. The molecule has 5 aliphatic carbocycles. The first-order valence-electron chi connectivity index (χ1n) is 19.5. The number of hydrogen-bond donors (Lipinski definition) is 4. The minimum absolute atomic E-state index is 0.0393. The zero-order chi connectivity index (χ0) is 37.3. The lowest BCUT2D eigenvalue weighted by Crippen LogP contribution is -2.63. The summed E-state index contributed by atoms with van der Waals surface area (Å²) < 4.78 is 0. The molecule has 7 nitrogen and oxygen atoms in total. The third kappa shape index (κ3) is 8.51. The summed E-state index contributed by atoms with van der Waals surface area (Å²) in [5.74, 6) is 4.21. The van der Waals surface area contributed by atoms with Crippen LogP contribution in [0.3, 0.4) is 0 Å². The normalized spacial score (nSPS) is 37.5. The highest BCUT2D eigenvalue weighted by molar-refractivity contribution is 5.66. The van der Waals surface area contributed by atoms with Gasteiger partial charge in [-0.3, -0.25) is 14.4 Å². The van der Waals surface area contributed by atoms with Crippen LogP contribution < -0.4 is 11.5 Å². The van der Waals surface area contributed by atoms with Crippen LogP contribution in [0.5, 0.6) is 0 Å². The van der Waals surface area contributed by atoms with Gasteiger partial charge in [-0.2, -0.15) is 0 Å². The Morgan fingerprint density at radius 2 is 1.48 bits per heavy atom. The highest BCUT2D eigenvalue weighted by atomic mass is 16.4. The molecule has 10 atom stereocenters. The average Bonchev–Trinajstić information content (AvgIpc) is 3.38. The third-order valence-electron chi connectivity index (χ3n) is 14.7. The summed E-state index contributed by atoms with van der Waals surface area (Å²) in [6, 6.07) is 9.34. The third-order valence-corrected chi connectivity index (χ3v) is 14.7. The number of carbonyl (C=O) groups is 3. The van der Waals surface area contributed by atoms with E-state index in [-0.39, 0.29) is 30.8 Å². The second-order valence-electron chi connectivity index (χ2n) is 17.6. The number of rotatable bonds is 7. The molecule has 0 aliphatic heterocycles. The first-order chi connectivity index (χ1) is 23.6. The van der Waals surface area contributed by atoms with Crippen LogP contribution in [0.15, 0.2) is 36.9 Å². The van der Waals surface area contributed by atoms with Crippen LogP contribution in [0.2, 0.25) is 0 Å². The van der Waals surface area contributed by atoms with Gasteiger partial charge in [0.25, 0.3) is 0 Å². The Labute approximate surface area is 303 Å². The second kappa shape index (κ2) is 17.7. The molecule has 5 aliphatic rings. The number of carboxylic acid groups (broad SMARTS) is 1. The van der Waals surface area contributed by atoms with Gasteiger partial charge in [-0.1, -0.05) is 65.0 Å². The lowest BCUT2D eigenvalue weighted by Gasteiger charge is -2.69. The van der Waals surface area contributed by atoms with E-state index in [0.29, 0.717) is 22.2 Å². The van der Waals surface area contributed by atoms with E-state index in [1.807, 2.05) is 6.92 Å². The quantitative estimate of drug-likeness (QED) is 0.129. The molecule has 0 heterocycles. The summed E-state index contributed by atoms with van der Waals surface area (Å²) in [4.78, 5) is 28.1. The first kappa shape index (κ1) is 41.7. The topological polar surface area (TPSA) is 144 Å². The summed E-state index contributed by atoms with van der Waals surface area (Å²) in [5, 5.41) is 20.0. The van der Waals surface area contributed by atoms with Gasteiger partial charge in [0.05, 0.1) is 6.10 Å². The van der Waals surface area contributed by atoms with Gasteiger partial charge in [-0.05, 0) is 165 Å². The Morgan fingerprint density at radius 1 is 0.880 bits per heavy atom. The van der Waals surface area contributed by atoms with E-state index in [2.05, 4.69) is 76.9 Å². The number of nitrogens with two attached hydrogens (primary N) is 2. The summed E-state index contributed by atoms with van der Waals surface area (Å²) >= 11 is 0. The van der Waals surface area contributed by atoms with Crippen molar-refractivity contribution in [3.05, 3.63) is 48.0 Å². The monoisotopic (exact) mass is 695 g/mol. The van der Waals surface area contributed by atoms with E-state index in [4.69, 9.17) is 14.7 Å². The Kier molecular flexibility index (Phi) is 14.8. The van der Waals surface area contributed by atoms with Crippen LogP contribution in [0.1, 0.15) is 136 Å². The van der Waals surface area contributed by atoms with Crippen molar-refractivity contribution < 1.29 is 24.6 Å². The van der Waals surface area contributed by atoms with Gasteiger partial charge in [-0.15, -0.1) is 6.58 Å². The number of aliphatic hydroxyl groups excluding tert-OH is 1. The van der Waals surface area contributed by atoms with Crippen LogP contribution >= 0.6 is 0 Å². The minimum atomic E-state index is -0.679. The average molecular weight is 695 g/mol. The lowest BCUT2D eigenvalue weighted by atomic mass is 9.36. The van der Waals surface area contributed by atoms with Crippen molar-refractivity contribution in [3.63, 3.8) is 0 Å². The van der Waals surface area contributed by atoms with E-state index in [9.17, 15) is 9.90 Å². The molecule has 6 rings (SSSR count). The smallest absolute Gasteiger partial charge is 0.303 e. The number of aliphatic carboxylic acids is 1. The number of benzene rings is 1. The highest BCUT2D eigenvalue weighted by Crippen LogP contribution is 2.73. The predicted octanol–water partition coefficient (Wildman–Crippen LogP) is 8.49. The number of aliphatic hydroxyl groups is 1. The number of amides is 2. The van der Waals surface area contributed by atoms with Gasteiger partial charge in [-0.25, -0.2) is 0 Å². The van der Waals surface area contributed by atoms with Gasteiger partial charge in [0, 0.05) is 6.42 Å². The van der Waals surface area contributed by atoms with Crippen molar-refractivity contribution in [1.29, 1.82) is 0 Å². The number of allylic oxidation sites excluding steroid dienone is 1. The molecule has 7 heteroatoms. The van der Waals surface area contributed by atoms with Gasteiger partial charge < -0.3 is 21.7 Å². The lowest BCUT2D eigenvalue weighted by molar-refractivity contribution is -0.216. The second-order valence-corrected chi connectivity index (χ2v) is 17.6. The molecule has 5 fully saturated rings. The van der Waals surface area contributed by atoms with Crippen molar-refractivity contribution in [1.82, 2.24) is 0 Å². The van der Waals surface area contributed by atoms with E-state index in [0.717, 1.165) is 55.3 Å². The number of aryl methyl sites for hydroxylation is 1. The molecule has 1 aromatic carbocycles. The van der Waals surface area contributed by atoms with Crippen LogP contribution in [0, 0.1) is 57.2 Å². The van der Waals surface area contributed by atoms with Gasteiger partial charge in [0.1, 0.15) is 0 Å². The van der Waals surface area contributed by atoms with Crippen molar-refractivity contribution in [2.24, 2.45) is 68.6 Å². The predicted molar refractivity (Wildman–Crippen MR) is 203 cm³/mol. The molecule has 10 unspecified atom stereocenters. The summed E-state index contributed by atoms with van der Waals surface area (Å²) in [5.41, 5.74) is 12.6. The SMILES string of the molecule is C=CC.CC1CCC2(Cc3cccc(CCCCC(=O)O)c3)CCC3C(CCC4C3(C)CCC3C(C)(C)C(O)CCC34C)C12.NC=O.NC=O. The molecule has 0 spiro atoms. The summed E-state index contributed by atoms with van der Waals surface area (Å²) in [6.07, 6.45) is 19.7. The van der Waals surface area contributed by atoms with Crippen LogP contribution in [0.25, 0.3) is 0 Å². The molecule has 1 aromatic rings. The number of unbranched alkanes of at least 4 members (excludes halogenated alkanes) is 1. The fourth-order valence-electron chi connectivity index (χ4n) is 13.0. The number of carboxylic acids is 1. The summed E-state index contributed by atoms with van der Waals surface area (Å²) in [6.45, 7) is 18.0. The standard InChI is InChI=1S/C38H58O3.C3H6.2CH3NO/c1-25-15-21-38(24-27-11-8-10-26(23-27)9-6-7-12-33(40)41)22-16-29-28(34(25)38)13-14-31-36(29,4)19-17-30-35(2,3)32(39)18-20-37(30,31)5;1-3-2;2*2-1-3/h8,10-11,23,25,28-32,34,39H,6-7,9,12-22,24H2,1-5H3,(H,40,41);3H,1H2,2H3;2*1H,(H2,2,3). The Balaban J connectivity index is 0.000000681. The van der Waals surface area contributed by atoms with Crippen LogP contribution in [-0.4, -0.2) is 35.1 Å². The van der Waals surface area contributed by atoms with E-state index in [1.165, 1.54) is 75.3 Å². The van der Waals surface area contributed by atoms with E-state index in [1.54, 1.807) is 6.08 Å². The largest absolute Gasteiger partial charge is 0.481 e. The molecule has 282 valence electrons. The molecule has 0 bridgehead atoms. The zero-order valence-electron chi connectivity index (χ0n) is 32.2. The molecular formula is C43H70N2O5. The molecule has 5 saturated carbocycles. The molecular weight excluding hydrogens is 624 g/mol. The first-order valence-corrected chi connectivity index (χ1v) is 19.5. The van der Waals surface area contributed by atoms with Gasteiger partial charge in [0.2, 0.25) is 12.8 Å². The number of fused-ring (bicyclic) bond motifs is 7. The zero-order valence-corrected chi connectivity index (χ0v) is 32.2. The van der Waals surface area contributed by atoms with Crippen molar-refractivity contribution in [3.8, 4) is 0 Å². The highest BCUT2D eigenvalue weighted by Gasteiger charge is 2.66. The van der Waals surface area contributed by atoms with Crippen LogP contribution in [-0.2, 0) is 27.2 Å². The maximum atomic E-state index is 11.0. The van der Waals surface area contributed by atoms with Crippen molar-refractivity contribution in [2.75, 3.05) is 0 Å². The van der Waals surface area contributed by atoms with Crippen molar-refractivity contribution in [2.45, 2.75) is 144 Å². The van der Waals surface area contributed by atoms with Crippen molar-refractivity contribution >= 4 is 18.8 Å². The Bertz CT molecular complexity index is 1270. The van der Waals surface area contributed by atoms with Gasteiger partial charge >= 0.3 is 5.97 Å². The maximum Gasteiger partial charge on any atom is 0.303 e. The molecule has 0 aromatic heterocycles. The molecule has 2 amide bonds. The summed E-state index contributed by atoms with van der Waals surface area (Å²) in [7, 11) is 0. The number of hydrogen-bond acceptors (Lipinski definition) is 4. The van der Waals surface area contributed by atoms with Gasteiger partial charge in [0.15, 0.2) is 0 Å². The van der Waals surface area contributed by atoms with E-state index < -0.39 is 5.97 Å². The molecule has 0 saturated heterocycles.